The highest BCUT2D eigenvalue weighted by atomic mass is 19.1. The number of nitrogens with zero attached hydrogens (tertiary/aromatic N) is 1. The smallest absolute Gasteiger partial charge is 0.348 e. The number of rotatable bonds is 11. The van der Waals surface area contributed by atoms with Crippen molar-refractivity contribution in [1.82, 2.24) is 4.98 Å². The molecule has 4 aromatic carbocycles. The van der Waals surface area contributed by atoms with E-state index in [9.17, 15) is 14.3 Å². The summed E-state index contributed by atoms with van der Waals surface area (Å²) in [6.07, 6.45) is 0.689. The van der Waals surface area contributed by atoms with Gasteiger partial charge in [0.2, 0.25) is 11.5 Å². The molecule has 5 rings (SSSR count). The first-order chi connectivity index (χ1) is 19.8. The second-order valence-corrected chi connectivity index (χ2v) is 9.98. The molecule has 1 atom stereocenters. The van der Waals surface area contributed by atoms with Crippen molar-refractivity contribution in [2.24, 2.45) is 0 Å². The zero-order chi connectivity index (χ0) is 28.8. The predicted molar refractivity (Wildman–Crippen MR) is 155 cm³/mol. The van der Waals surface area contributed by atoms with Crippen molar-refractivity contribution in [2.45, 2.75) is 32.3 Å². The Kier molecular flexibility index (Phi) is 8.15. The van der Waals surface area contributed by atoms with Gasteiger partial charge in [-0.1, -0.05) is 54.6 Å². The molecule has 0 radical (unpaired) electrons. The van der Waals surface area contributed by atoms with Crippen molar-refractivity contribution >= 4 is 5.97 Å². The average molecular weight is 552 g/mol. The molecular formula is C34H30FNO5. The highest BCUT2D eigenvalue weighted by molar-refractivity contribution is 5.78. The maximum atomic E-state index is 13.2. The fraction of sp³-hybridized carbons (Fsp3) is 0.176. The zero-order valence-electron chi connectivity index (χ0n) is 22.8. The van der Waals surface area contributed by atoms with E-state index in [2.05, 4.69) is 29.2 Å². The van der Waals surface area contributed by atoms with Crippen molar-refractivity contribution in [3.63, 3.8) is 0 Å². The van der Waals surface area contributed by atoms with Gasteiger partial charge in [-0.05, 0) is 79.1 Å². The van der Waals surface area contributed by atoms with E-state index in [0.717, 1.165) is 33.7 Å². The summed E-state index contributed by atoms with van der Waals surface area (Å²) in [6.45, 7) is 3.79. The van der Waals surface area contributed by atoms with Crippen molar-refractivity contribution in [3.05, 3.63) is 126 Å². The predicted octanol–water partition coefficient (Wildman–Crippen LogP) is 7.54. The first kappa shape index (κ1) is 27.6. The fourth-order valence-corrected chi connectivity index (χ4v) is 4.50. The first-order valence-corrected chi connectivity index (χ1v) is 13.3. The van der Waals surface area contributed by atoms with E-state index in [1.54, 1.807) is 12.1 Å². The van der Waals surface area contributed by atoms with Crippen LogP contribution in [0.5, 0.6) is 11.5 Å². The number of ether oxygens (including phenoxy) is 2. The van der Waals surface area contributed by atoms with Crippen LogP contribution in [0.3, 0.4) is 0 Å². The van der Waals surface area contributed by atoms with Gasteiger partial charge in [0, 0.05) is 18.4 Å². The van der Waals surface area contributed by atoms with Crippen molar-refractivity contribution in [3.8, 4) is 34.1 Å². The van der Waals surface area contributed by atoms with Crippen LogP contribution < -0.4 is 9.47 Å². The normalized spacial score (nSPS) is 12.5. The Morgan fingerprint density at radius 2 is 1.46 bits per heavy atom. The molecule has 1 heterocycles. The number of carbonyl (C=O) groups is 1. The zero-order valence-corrected chi connectivity index (χ0v) is 22.8. The van der Waals surface area contributed by atoms with Crippen molar-refractivity contribution in [2.75, 3.05) is 6.61 Å². The molecule has 0 aliphatic carbocycles. The van der Waals surface area contributed by atoms with Crippen molar-refractivity contribution < 1.29 is 28.2 Å². The maximum absolute atomic E-state index is 13.2. The molecule has 208 valence electrons. The second-order valence-electron chi connectivity index (χ2n) is 9.98. The van der Waals surface area contributed by atoms with Crippen LogP contribution >= 0.6 is 0 Å². The molecule has 0 aliphatic heterocycles. The molecule has 7 heteroatoms. The molecular weight excluding hydrogens is 521 g/mol. The van der Waals surface area contributed by atoms with Gasteiger partial charge in [-0.2, -0.15) is 0 Å². The van der Waals surface area contributed by atoms with E-state index in [1.807, 2.05) is 49.4 Å². The summed E-state index contributed by atoms with van der Waals surface area (Å²) >= 11 is 0. The number of halogens is 1. The molecule has 0 amide bonds. The Morgan fingerprint density at radius 3 is 2.12 bits per heavy atom. The molecule has 1 unspecified atom stereocenters. The van der Waals surface area contributed by atoms with Gasteiger partial charge in [0.1, 0.15) is 23.1 Å². The SMILES string of the molecule is Cc1oc(-c2ccc(-c3ccccc3)cc2)nc1CCOc1ccc(CC(C)(Oc2ccc(F)cc2)C(=O)O)cc1. The van der Waals surface area contributed by atoms with Gasteiger partial charge in [-0.3, -0.25) is 0 Å². The Morgan fingerprint density at radius 1 is 0.854 bits per heavy atom. The van der Waals surface area contributed by atoms with Gasteiger partial charge in [-0.15, -0.1) is 0 Å². The molecule has 6 nitrogen and oxygen atoms in total. The first-order valence-electron chi connectivity index (χ1n) is 13.3. The Hall–Kier alpha value is -4.91. The quantitative estimate of drug-likeness (QED) is 0.183. The molecule has 0 saturated heterocycles. The second kappa shape index (κ2) is 12.1. The molecule has 1 N–H and O–H groups in total. The number of benzene rings is 4. The number of hydrogen-bond acceptors (Lipinski definition) is 5. The largest absolute Gasteiger partial charge is 0.493 e. The van der Waals surface area contributed by atoms with Crippen LogP contribution in [0.2, 0.25) is 0 Å². The Bertz CT molecular complexity index is 1600. The fourth-order valence-electron chi connectivity index (χ4n) is 4.50. The summed E-state index contributed by atoms with van der Waals surface area (Å²) in [5.74, 6) is 0.732. The topological polar surface area (TPSA) is 81.8 Å². The van der Waals surface area contributed by atoms with Gasteiger partial charge < -0.3 is 19.0 Å². The molecule has 5 aromatic rings. The molecule has 0 bridgehead atoms. The summed E-state index contributed by atoms with van der Waals surface area (Å²) in [5.41, 5.74) is 3.27. The van der Waals surface area contributed by atoms with Crippen LogP contribution in [-0.4, -0.2) is 28.3 Å². The van der Waals surface area contributed by atoms with E-state index in [0.29, 0.717) is 24.7 Å². The molecule has 0 spiro atoms. The average Bonchev–Trinajstić information content (AvgIpc) is 3.36. The number of aliphatic carboxylic acids is 1. The van der Waals surface area contributed by atoms with E-state index in [-0.39, 0.29) is 12.2 Å². The lowest BCUT2D eigenvalue weighted by Crippen LogP contribution is -2.43. The van der Waals surface area contributed by atoms with E-state index < -0.39 is 17.4 Å². The van der Waals surface area contributed by atoms with E-state index in [4.69, 9.17) is 13.9 Å². The molecule has 0 fully saturated rings. The molecule has 1 aromatic heterocycles. The lowest BCUT2D eigenvalue weighted by Gasteiger charge is -2.26. The van der Waals surface area contributed by atoms with Crippen LogP contribution in [0.1, 0.15) is 23.9 Å². The Balaban J connectivity index is 1.16. The number of aryl methyl sites for hydroxylation is 1. The van der Waals surface area contributed by atoms with E-state index in [1.165, 1.54) is 31.2 Å². The number of carboxylic acid groups (broad SMARTS) is 1. The number of aromatic nitrogens is 1. The summed E-state index contributed by atoms with van der Waals surface area (Å²) < 4.78 is 30.8. The van der Waals surface area contributed by atoms with E-state index >= 15 is 0 Å². The third-order valence-corrected chi connectivity index (χ3v) is 6.81. The van der Waals surface area contributed by atoms with Crippen LogP contribution in [0.15, 0.2) is 108 Å². The third kappa shape index (κ3) is 6.81. The number of carboxylic acids is 1. The monoisotopic (exact) mass is 551 g/mol. The highest BCUT2D eigenvalue weighted by Gasteiger charge is 2.36. The highest BCUT2D eigenvalue weighted by Crippen LogP contribution is 2.27. The van der Waals surface area contributed by atoms with Gasteiger partial charge >= 0.3 is 5.97 Å². The minimum absolute atomic E-state index is 0.118. The lowest BCUT2D eigenvalue weighted by molar-refractivity contribution is -0.153. The van der Waals surface area contributed by atoms with Gasteiger partial charge in [0.05, 0.1) is 12.3 Å². The standard InChI is InChI=1S/C34H30FNO5/c1-23-31(36-32(40-23)27-12-10-26(11-13-27)25-6-4-3-5-7-25)20-21-39-29-16-8-24(9-17-29)22-34(2,33(37)38)41-30-18-14-28(35)15-19-30/h3-19H,20-22H2,1-2H3,(H,37,38). The van der Waals surface area contributed by atoms with Crippen LogP contribution in [0, 0.1) is 12.7 Å². The van der Waals surface area contributed by atoms with Crippen LogP contribution in [0.25, 0.3) is 22.6 Å². The molecule has 41 heavy (non-hydrogen) atoms. The summed E-state index contributed by atoms with van der Waals surface area (Å²) in [4.78, 5) is 16.7. The van der Waals surface area contributed by atoms with Crippen molar-refractivity contribution in [1.29, 1.82) is 0 Å². The maximum Gasteiger partial charge on any atom is 0.348 e. The van der Waals surface area contributed by atoms with Crippen LogP contribution in [0.4, 0.5) is 4.39 Å². The Labute approximate surface area is 238 Å². The summed E-state index contributed by atoms with van der Waals surface area (Å²) in [6, 6.07) is 30.8. The number of oxazole rings is 1. The van der Waals surface area contributed by atoms with Gasteiger partial charge in [0.15, 0.2) is 0 Å². The summed E-state index contributed by atoms with van der Waals surface area (Å²) in [7, 11) is 0. The minimum atomic E-state index is -1.52. The molecule has 0 saturated carbocycles. The van der Waals surface area contributed by atoms with Gasteiger partial charge in [-0.25, -0.2) is 14.2 Å². The summed E-state index contributed by atoms with van der Waals surface area (Å²) in [5, 5.41) is 9.81. The number of hydrogen-bond donors (Lipinski definition) is 1. The van der Waals surface area contributed by atoms with Crippen LogP contribution in [-0.2, 0) is 17.6 Å². The minimum Gasteiger partial charge on any atom is -0.493 e. The van der Waals surface area contributed by atoms with Gasteiger partial charge in [0.25, 0.3) is 0 Å². The molecule has 0 aliphatic rings. The lowest BCUT2D eigenvalue weighted by atomic mass is 9.96. The third-order valence-electron chi connectivity index (χ3n) is 6.81.